The summed E-state index contributed by atoms with van der Waals surface area (Å²) >= 11 is 0. The zero-order valence-electron chi connectivity index (χ0n) is 13.8. The van der Waals surface area contributed by atoms with Gasteiger partial charge in [0.05, 0.1) is 4.92 Å². The third-order valence-corrected chi connectivity index (χ3v) is 3.67. The summed E-state index contributed by atoms with van der Waals surface area (Å²) in [6, 6.07) is 23.1. The average Bonchev–Trinajstić information content (AvgIpc) is 2.68. The van der Waals surface area contributed by atoms with Gasteiger partial charge >= 0.3 is 0 Å². The van der Waals surface area contributed by atoms with E-state index in [0.717, 1.165) is 11.1 Å². The van der Waals surface area contributed by atoms with E-state index < -0.39 is 10.8 Å². The van der Waals surface area contributed by atoms with Crippen LogP contribution >= 0.6 is 0 Å². The predicted octanol–water partition coefficient (Wildman–Crippen LogP) is 4.28. The van der Waals surface area contributed by atoms with Gasteiger partial charge in [-0.05, 0) is 29.3 Å². The number of anilines is 1. The Balaban J connectivity index is 1.56. The van der Waals surface area contributed by atoms with Gasteiger partial charge in [-0.1, -0.05) is 48.5 Å². The molecule has 3 rings (SSSR count). The van der Waals surface area contributed by atoms with Crippen LogP contribution < -0.4 is 10.1 Å². The first-order valence-electron chi connectivity index (χ1n) is 7.94. The van der Waals surface area contributed by atoms with Crippen molar-refractivity contribution in [2.45, 2.75) is 0 Å². The number of ether oxygens (including phenoxy) is 1. The number of nitro groups is 1. The molecule has 0 aliphatic rings. The number of nitro benzene ring substituents is 1. The lowest BCUT2D eigenvalue weighted by molar-refractivity contribution is -0.384. The largest absolute Gasteiger partial charge is 0.484 e. The molecule has 1 N–H and O–H groups in total. The zero-order valence-corrected chi connectivity index (χ0v) is 13.8. The average molecular weight is 348 g/mol. The van der Waals surface area contributed by atoms with Crippen LogP contribution in [0.2, 0.25) is 0 Å². The number of nitrogens with one attached hydrogen (secondary N) is 1. The standard InChI is InChI=1S/C20H16N2O4/c23-20(21-17-7-4-8-18(13-17)22(24)25)14-26-19-11-9-16(10-12-19)15-5-2-1-3-6-15/h1-13H,14H2,(H,21,23). The van der Waals surface area contributed by atoms with Crippen LogP contribution in [0.5, 0.6) is 5.75 Å². The molecule has 0 fully saturated rings. The summed E-state index contributed by atoms with van der Waals surface area (Å²) in [7, 11) is 0. The van der Waals surface area contributed by atoms with E-state index in [0.29, 0.717) is 11.4 Å². The summed E-state index contributed by atoms with van der Waals surface area (Å²) in [5.74, 6) is 0.177. The quantitative estimate of drug-likeness (QED) is 0.532. The van der Waals surface area contributed by atoms with Crippen molar-refractivity contribution in [1.29, 1.82) is 0 Å². The number of amides is 1. The Kier molecular flexibility index (Phi) is 5.24. The molecule has 0 bridgehead atoms. The fraction of sp³-hybridized carbons (Fsp3) is 0.0500. The third kappa shape index (κ3) is 4.45. The Labute approximate surface area is 150 Å². The van der Waals surface area contributed by atoms with Crippen molar-refractivity contribution in [3.05, 3.63) is 89.0 Å². The van der Waals surface area contributed by atoms with Gasteiger partial charge in [0, 0.05) is 17.8 Å². The second-order valence-corrected chi connectivity index (χ2v) is 5.53. The lowest BCUT2D eigenvalue weighted by atomic mass is 10.1. The summed E-state index contributed by atoms with van der Waals surface area (Å²) in [5.41, 5.74) is 2.42. The van der Waals surface area contributed by atoms with Crippen molar-refractivity contribution >= 4 is 17.3 Å². The fourth-order valence-corrected chi connectivity index (χ4v) is 2.42. The number of hydrogen-bond donors (Lipinski definition) is 1. The number of hydrogen-bond acceptors (Lipinski definition) is 4. The molecule has 0 saturated carbocycles. The van der Waals surface area contributed by atoms with Gasteiger partial charge in [-0.25, -0.2) is 0 Å². The van der Waals surface area contributed by atoms with Crippen molar-refractivity contribution < 1.29 is 14.5 Å². The first-order chi connectivity index (χ1) is 12.6. The molecule has 0 unspecified atom stereocenters. The number of carbonyl (C=O) groups excluding carboxylic acids is 1. The maximum absolute atomic E-state index is 11.9. The first kappa shape index (κ1) is 17.2. The van der Waals surface area contributed by atoms with Gasteiger partial charge in [0.2, 0.25) is 0 Å². The Bertz CT molecular complexity index is 909. The molecule has 3 aromatic carbocycles. The number of carbonyl (C=O) groups is 1. The SMILES string of the molecule is O=C(COc1ccc(-c2ccccc2)cc1)Nc1cccc([N+](=O)[O-])c1. The Morgan fingerprint density at radius 1 is 0.923 bits per heavy atom. The van der Waals surface area contributed by atoms with Crippen LogP contribution in [-0.2, 0) is 4.79 Å². The molecule has 0 atom stereocenters. The molecule has 0 heterocycles. The van der Waals surface area contributed by atoms with Gasteiger partial charge in [0.25, 0.3) is 11.6 Å². The monoisotopic (exact) mass is 348 g/mol. The highest BCUT2D eigenvalue weighted by Gasteiger charge is 2.09. The maximum atomic E-state index is 11.9. The van der Waals surface area contributed by atoms with E-state index in [1.54, 1.807) is 18.2 Å². The van der Waals surface area contributed by atoms with E-state index >= 15 is 0 Å². The fourth-order valence-electron chi connectivity index (χ4n) is 2.42. The molecule has 26 heavy (non-hydrogen) atoms. The van der Waals surface area contributed by atoms with Gasteiger partial charge in [-0.2, -0.15) is 0 Å². The number of non-ortho nitro benzene ring substituents is 1. The van der Waals surface area contributed by atoms with Crippen LogP contribution in [-0.4, -0.2) is 17.4 Å². The molecule has 0 saturated heterocycles. The van der Waals surface area contributed by atoms with Crippen molar-refractivity contribution in [3.8, 4) is 16.9 Å². The third-order valence-electron chi connectivity index (χ3n) is 3.67. The van der Waals surface area contributed by atoms with E-state index in [2.05, 4.69) is 5.32 Å². The van der Waals surface area contributed by atoms with Crippen LogP contribution in [0.4, 0.5) is 11.4 Å². The molecule has 0 radical (unpaired) electrons. The maximum Gasteiger partial charge on any atom is 0.271 e. The lowest BCUT2D eigenvalue weighted by Crippen LogP contribution is -2.20. The summed E-state index contributed by atoms with van der Waals surface area (Å²) in [4.78, 5) is 22.2. The lowest BCUT2D eigenvalue weighted by Gasteiger charge is -2.08. The second-order valence-electron chi connectivity index (χ2n) is 5.53. The zero-order chi connectivity index (χ0) is 18.4. The molecule has 0 aliphatic heterocycles. The Morgan fingerprint density at radius 2 is 1.62 bits per heavy atom. The normalized spacial score (nSPS) is 10.2. The summed E-state index contributed by atoms with van der Waals surface area (Å²) in [6.45, 7) is -0.187. The van der Waals surface area contributed by atoms with E-state index in [1.807, 2.05) is 42.5 Å². The van der Waals surface area contributed by atoms with E-state index in [4.69, 9.17) is 4.74 Å². The minimum atomic E-state index is -0.513. The van der Waals surface area contributed by atoms with Crippen LogP contribution in [0, 0.1) is 10.1 Å². The van der Waals surface area contributed by atoms with Crippen molar-refractivity contribution in [2.75, 3.05) is 11.9 Å². The highest BCUT2D eigenvalue weighted by Crippen LogP contribution is 2.22. The van der Waals surface area contributed by atoms with Crippen LogP contribution in [0.25, 0.3) is 11.1 Å². The van der Waals surface area contributed by atoms with Crippen molar-refractivity contribution in [2.24, 2.45) is 0 Å². The smallest absolute Gasteiger partial charge is 0.271 e. The molecule has 1 amide bonds. The summed E-state index contributed by atoms with van der Waals surface area (Å²) in [6.07, 6.45) is 0. The summed E-state index contributed by atoms with van der Waals surface area (Å²) < 4.78 is 5.46. The van der Waals surface area contributed by atoms with E-state index in [-0.39, 0.29) is 12.3 Å². The minimum absolute atomic E-state index is 0.0831. The van der Waals surface area contributed by atoms with Crippen molar-refractivity contribution in [3.63, 3.8) is 0 Å². The Morgan fingerprint density at radius 3 is 2.31 bits per heavy atom. The molecule has 6 nitrogen and oxygen atoms in total. The molecule has 0 aliphatic carbocycles. The van der Waals surface area contributed by atoms with E-state index in [9.17, 15) is 14.9 Å². The highest BCUT2D eigenvalue weighted by atomic mass is 16.6. The van der Waals surface area contributed by atoms with Gasteiger partial charge in [-0.15, -0.1) is 0 Å². The second kappa shape index (κ2) is 7.94. The van der Waals surface area contributed by atoms with E-state index in [1.165, 1.54) is 18.2 Å². The van der Waals surface area contributed by atoms with Gasteiger partial charge in [0.1, 0.15) is 5.75 Å². The molecular formula is C20H16N2O4. The highest BCUT2D eigenvalue weighted by molar-refractivity contribution is 5.92. The molecule has 0 spiro atoms. The predicted molar refractivity (Wildman–Crippen MR) is 99.1 cm³/mol. The molecule has 3 aromatic rings. The Hall–Kier alpha value is -3.67. The van der Waals surface area contributed by atoms with Crippen LogP contribution in [0.3, 0.4) is 0 Å². The molecule has 130 valence electrons. The van der Waals surface area contributed by atoms with Gasteiger partial charge in [0.15, 0.2) is 6.61 Å². The number of nitrogens with zero attached hydrogens (tertiary/aromatic N) is 1. The van der Waals surface area contributed by atoms with Gasteiger partial charge in [-0.3, -0.25) is 14.9 Å². The molecular weight excluding hydrogens is 332 g/mol. The van der Waals surface area contributed by atoms with Crippen LogP contribution in [0.1, 0.15) is 0 Å². The topological polar surface area (TPSA) is 81.5 Å². The number of rotatable bonds is 6. The summed E-state index contributed by atoms with van der Waals surface area (Å²) in [5, 5.41) is 13.3. The van der Waals surface area contributed by atoms with Crippen LogP contribution in [0.15, 0.2) is 78.9 Å². The van der Waals surface area contributed by atoms with Gasteiger partial charge < -0.3 is 10.1 Å². The number of benzene rings is 3. The van der Waals surface area contributed by atoms with Crippen molar-refractivity contribution in [1.82, 2.24) is 0 Å². The molecule has 0 aromatic heterocycles. The first-order valence-corrected chi connectivity index (χ1v) is 7.94. The molecule has 6 heteroatoms. The minimum Gasteiger partial charge on any atom is -0.484 e.